The van der Waals surface area contributed by atoms with Crippen LogP contribution in [0.15, 0.2) is 0 Å². The van der Waals surface area contributed by atoms with Gasteiger partial charge >= 0.3 is 39.5 Å². The van der Waals surface area contributed by atoms with E-state index in [2.05, 4.69) is 41.5 Å². The highest BCUT2D eigenvalue weighted by Crippen LogP contribution is 2.45. The minimum atomic E-state index is -4.95. The lowest BCUT2D eigenvalue weighted by Crippen LogP contribution is -2.30. The molecule has 0 heterocycles. The quantitative estimate of drug-likeness (QED) is 0.0222. The lowest BCUT2D eigenvalue weighted by atomic mass is 10.0. The van der Waals surface area contributed by atoms with Gasteiger partial charge in [0.1, 0.15) is 19.3 Å². The Bertz CT molecular complexity index is 1700. The maximum absolute atomic E-state index is 13.0. The van der Waals surface area contributed by atoms with Crippen molar-refractivity contribution in [3.05, 3.63) is 0 Å². The number of phosphoric acid groups is 2. The third-order valence-corrected chi connectivity index (χ3v) is 17.6. The first-order chi connectivity index (χ1) is 41.9. The summed E-state index contributed by atoms with van der Waals surface area (Å²) in [4.78, 5) is 72.4. The molecule has 0 amide bonds. The average molecular weight is 1280 g/mol. The molecule has 0 aromatic heterocycles. The van der Waals surface area contributed by atoms with Crippen molar-refractivity contribution in [1.82, 2.24) is 0 Å². The van der Waals surface area contributed by atoms with Crippen LogP contribution in [0.2, 0.25) is 0 Å². The van der Waals surface area contributed by atoms with Gasteiger partial charge in [0, 0.05) is 25.7 Å². The largest absolute Gasteiger partial charge is 0.472 e. The van der Waals surface area contributed by atoms with Crippen molar-refractivity contribution in [2.24, 2.45) is 11.8 Å². The van der Waals surface area contributed by atoms with Gasteiger partial charge < -0.3 is 33.8 Å². The molecular formula is C68H132O17P2. The van der Waals surface area contributed by atoms with Gasteiger partial charge in [-0.1, -0.05) is 292 Å². The molecule has 0 radical (unpaired) electrons. The van der Waals surface area contributed by atoms with E-state index in [1.165, 1.54) is 161 Å². The smallest absolute Gasteiger partial charge is 0.462 e. The van der Waals surface area contributed by atoms with Crippen LogP contribution in [-0.2, 0) is 65.4 Å². The van der Waals surface area contributed by atoms with Crippen molar-refractivity contribution in [2.45, 2.75) is 362 Å². The van der Waals surface area contributed by atoms with Crippen LogP contribution in [-0.4, -0.2) is 96.7 Å². The zero-order valence-corrected chi connectivity index (χ0v) is 58.1. The normalized spacial score (nSPS) is 14.2. The van der Waals surface area contributed by atoms with E-state index in [0.717, 1.165) is 102 Å². The number of carbonyl (C=O) groups excluding carboxylic acids is 4. The van der Waals surface area contributed by atoms with E-state index < -0.39 is 97.5 Å². The van der Waals surface area contributed by atoms with Gasteiger partial charge in [-0.3, -0.25) is 37.3 Å². The van der Waals surface area contributed by atoms with Gasteiger partial charge in [0.15, 0.2) is 12.2 Å². The van der Waals surface area contributed by atoms with Crippen molar-refractivity contribution >= 4 is 39.5 Å². The molecule has 516 valence electrons. The van der Waals surface area contributed by atoms with Crippen molar-refractivity contribution in [3.63, 3.8) is 0 Å². The fraction of sp³-hybridized carbons (Fsp3) is 0.941. The van der Waals surface area contributed by atoms with E-state index in [1.807, 2.05) is 0 Å². The van der Waals surface area contributed by atoms with Gasteiger partial charge in [0.25, 0.3) is 0 Å². The highest BCUT2D eigenvalue weighted by molar-refractivity contribution is 7.47. The van der Waals surface area contributed by atoms with E-state index in [0.29, 0.717) is 25.7 Å². The third-order valence-electron chi connectivity index (χ3n) is 15.7. The van der Waals surface area contributed by atoms with Gasteiger partial charge in [0.2, 0.25) is 0 Å². The van der Waals surface area contributed by atoms with Gasteiger partial charge in [-0.15, -0.1) is 0 Å². The van der Waals surface area contributed by atoms with Crippen LogP contribution < -0.4 is 0 Å². The van der Waals surface area contributed by atoms with Crippen LogP contribution in [0.1, 0.15) is 343 Å². The fourth-order valence-corrected chi connectivity index (χ4v) is 11.8. The monoisotopic (exact) mass is 1280 g/mol. The number of carbonyl (C=O) groups is 4. The number of aliphatic hydroxyl groups excluding tert-OH is 1. The summed E-state index contributed by atoms with van der Waals surface area (Å²) in [6.07, 6.45) is 44.3. The molecule has 0 aromatic rings. The molecule has 0 aliphatic heterocycles. The number of phosphoric ester groups is 2. The predicted octanol–water partition coefficient (Wildman–Crippen LogP) is 19.2. The lowest BCUT2D eigenvalue weighted by Gasteiger charge is -2.21. The van der Waals surface area contributed by atoms with Crippen molar-refractivity contribution in [3.8, 4) is 0 Å². The highest BCUT2D eigenvalue weighted by atomic mass is 31.2. The van der Waals surface area contributed by atoms with Crippen LogP contribution in [0, 0.1) is 11.8 Å². The first kappa shape index (κ1) is 85.1. The molecule has 0 aromatic carbocycles. The van der Waals surface area contributed by atoms with Crippen molar-refractivity contribution in [2.75, 3.05) is 39.6 Å². The Labute approximate surface area is 530 Å². The van der Waals surface area contributed by atoms with Crippen LogP contribution >= 0.6 is 15.6 Å². The van der Waals surface area contributed by atoms with Gasteiger partial charge in [-0.2, -0.15) is 0 Å². The Hall–Kier alpha value is -1.94. The molecule has 3 N–H and O–H groups in total. The van der Waals surface area contributed by atoms with E-state index in [1.54, 1.807) is 0 Å². The molecule has 17 nitrogen and oxygen atoms in total. The molecule has 87 heavy (non-hydrogen) atoms. The minimum Gasteiger partial charge on any atom is -0.462 e. The number of esters is 4. The molecule has 0 rings (SSSR count). The Kier molecular flexibility index (Phi) is 59.0. The zero-order chi connectivity index (χ0) is 64.3. The Balaban J connectivity index is 5.24. The Morgan fingerprint density at radius 1 is 0.310 bits per heavy atom. The molecular weight excluding hydrogens is 1150 g/mol. The maximum atomic E-state index is 13.0. The second-order valence-electron chi connectivity index (χ2n) is 25.5. The summed E-state index contributed by atoms with van der Waals surface area (Å²) in [5.74, 6) is -0.639. The van der Waals surface area contributed by atoms with Crippen LogP contribution in [0.25, 0.3) is 0 Å². The SMILES string of the molecule is CCCCCCCCCCCCCCCC(=O)OC[C@H](COP(=O)(O)OC[C@@H](O)COP(=O)(O)OC[C@@H](COC(=O)CCCCCCCCCCC)OC(=O)CCCCCCCCCCCC(C)C)OC(=O)CCCCCCCCCCCCC(C)C. The fourth-order valence-electron chi connectivity index (χ4n) is 10.2. The molecule has 2 unspecified atom stereocenters. The van der Waals surface area contributed by atoms with Gasteiger partial charge in [-0.25, -0.2) is 9.13 Å². The van der Waals surface area contributed by atoms with Crippen LogP contribution in [0.3, 0.4) is 0 Å². The van der Waals surface area contributed by atoms with Crippen molar-refractivity contribution in [1.29, 1.82) is 0 Å². The van der Waals surface area contributed by atoms with E-state index >= 15 is 0 Å². The number of rotatable bonds is 67. The zero-order valence-electron chi connectivity index (χ0n) is 56.3. The Morgan fingerprint density at radius 3 is 0.782 bits per heavy atom. The predicted molar refractivity (Wildman–Crippen MR) is 349 cm³/mol. The summed E-state index contributed by atoms with van der Waals surface area (Å²) in [6.45, 7) is 9.49. The maximum Gasteiger partial charge on any atom is 0.472 e. The number of hydrogen-bond donors (Lipinski definition) is 3. The summed E-state index contributed by atoms with van der Waals surface area (Å²) in [5, 5.41) is 10.6. The summed E-state index contributed by atoms with van der Waals surface area (Å²) in [6, 6.07) is 0. The van der Waals surface area contributed by atoms with Gasteiger partial charge in [-0.05, 0) is 37.5 Å². The molecule has 0 saturated heterocycles. The van der Waals surface area contributed by atoms with E-state index in [4.69, 9.17) is 37.0 Å². The summed E-state index contributed by atoms with van der Waals surface area (Å²) in [7, 11) is -9.89. The number of ether oxygens (including phenoxy) is 4. The lowest BCUT2D eigenvalue weighted by molar-refractivity contribution is -0.161. The van der Waals surface area contributed by atoms with E-state index in [-0.39, 0.29) is 25.7 Å². The average Bonchev–Trinajstić information content (AvgIpc) is 3.64. The molecule has 0 fully saturated rings. The summed E-state index contributed by atoms with van der Waals surface area (Å²) < 4.78 is 68.2. The summed E-state index contributed by atoms with van der Waals surface area (Å²) in [5.41, 5.74) is 0. The second-order valence-corrected chi connectivity index (χ2v) is 28.4. The third kappa shape index (κ3) is 62.6. The standard InChI is InChI=1S/C68H132O17P2/c1-7-9-11-13-15-17-18-19-20-27-33-39-45-51-66(71)79-57-64(84-67(72)52-46-40-34-28-22-21-25-30-36-42-48-60(3)4)59-83-87(76,77)81-55-62(69)54-80-86(74,75)82-58-63(56-78-65(70)50-44-38-32-24-16-14-12-10-8-2)85-68(73)53-47-41-35-29-23-26-31-37-43-49-61(5)6/h60-64,69H,7-59H2,1-6H3,(H,74,75)(H,76,77)/t62-,63+,64+/m0/s1. The highest BCUT2D eigenvalue weighted by Gasteiger charge is 2.30. The molecule has 0 spiro atoms. The molecule has 0 saturated carbocycles. The second kappa shape index (κ2) is 60.3. The number of aliphatic hydroxyl groups is 1. The topological polar surface area (TPSA) is 237 Å². The van der Waals surface area contributed by atoms with Gasteiger partial charge in [0.05, 0.1) is 26.4 Å². The molecule has 0 aliphatic carbocycles. The molecule has 0 bridgehead atoms. The van der Waals surface area contributed by atoms with E-state index in [9.17, 15) is 43.2 Å². The van der Waals surface area contributed by atoms with Crippen LogP contribution in [0.5, 0.6) is 0 Å². The molecule has 19 heteroatoms. The molecule has 5 atom stereocenters. The summed E-state index contributed by atoms with van der Waals surface area (Å²) >= 11 is 0. The van der Waals surface area contributed by atoms with Crippen LogP contribution in [0.4, 0.5) is 0 Å². The molecule has 0 aliphatic rings. The van der Waals surface area contributed by atoms with Crippen molar-refractivity contribution < 1.29 is 80.2 Å². The number of unbranched alkanes of at least 4 members (excludes halogenated alkanes) is 37. The Morgan fingerprint density at radius 2 is 0.529 bits per heavy atom. The number of hydrogen-bond acceptors (Lipinski definition) is 15. The first-order valence-corrected chi connectivity index (χ1v) is 38.5. The minimum absolute atomic E-state index is 0.105. The first-order valence-electron chi connectivity index (χ1n) is 35.5.